The second kappa shape index (κ2) is 7.32. The van der Waals surface area contributed by atoms with Crippen LogP contribution in [0.3, 0.4) is 0 Å². The molecule has 0 saturated carbocycles. The van der Waals surface area contributed by atoms with Crippen LogP contribution in [0, 0.1) is 13.8 Å². The Morgan fingerprint density at radius 3 is 2.84 bits per heavy atom. The van der Waals surface area contributed by atoms with Crippen LogP contribution in [-0.4, -0.2) is 30.8 Å². The van der Waals surface area contributed by atoms with Crippen LogP contribution in [0.15, 0.2) is 18.2 Å². The molecule has 0 bridgehead atoms. The van der Waals surface area contributed by atoms with E-state index in [2.05, 4.69) is 44.3 Å². The SMILES string of the molecule is CCCNC(c1ccc(C)c(C)c1)C1CSCCO1. The van der Waals surface area contributed by atoms with Gasteiger partial charge in [0.1, 0.15) is 0 Å². The first-order valence-corrected chi connectivity index (χ1v) is 8.37. The average molecular weight is 279 g/mol. The molecule has 1 heterocycles. The van der Waals surface area contributed by atoms with E-state index in [4.69, 9.17) is 4.74 Å². The summed E-state index contributed by atoms with van der Waals surface area (Å²) in [6.45, 7) is 8.49. The van der Waals surface area contributed by atoms with Gasteiger partial charge >= 0.3 is 0 Å². The van der Waals surface area contributed by atoms with E-state index in [1.54, 1.807) is 0 Å². The molecule has 1 aliphatic rings. The first kappa shape index (κ1) is 14.9. The van der Waals surface area contributed by atoms with E-state index in [0.29, 0.717) is 12.1 Å². The van der Waals surface area contributed by atoms with Gasteiger partial charge in [-0.25, -0.2) is 0 Å². The minimum absolute atomic E-state index is 0.299. The molecule has 1 fully saturated rings. The van der Waals surface area contributed by atoms with Crippen molar-refractivity contribution in [3.8, 4) is 0 Å². The maximum Gasteiger partial charge on any atom is 0.0860 e. The van der Waals surface area contributed by atoms with Crippen molar-refractivity contribution in [1.29, 1.82) is 0 Å². The molecule has 2 atom stereocenters. The third-order valence-corrected chi connectivity index (χ3v) is 4.74. The quantitative estimate of drug-likeness (QED) is 0.891. The van der Waals surface area contributed by atoms with E-state index in [-0.39, 0.29) is 0 Å². The molecule has 2 nitrogen and oxygen atoms in total. The van der Waals surface area contributed by atoms with Crippen molar-refractivity contribution >= 4 is 11.8 Å². The summed E-state index contributed by atoms with van der Waals surface area (Å²) in [7, 11) is 0. The molecule has 1 saturated heterocycles. The predicted molar refractivity (Wildman–Crippen MR) is 84.0 cm³/mol. The van der Waals surface area contributed by atoms with Crippen molar-refractivity contribution in [2.45, 2.75) is 39.3 Å². The molecule has 3 heteroatoms. The lowest BCUT2D eigenvalue weighted by atomic mass is 9.97. The topological polar surface area (TPSA) is 21.3 Å². The molecule has 1 aliphatic heterocycles. The fourth-order valence-electron chi connectivity index (χ4n) is 2.42. The molecule has 1 N–H and O–H groups in total. The fraction of sp³-hybridized carbons (Fsp3) is 0.625. The highest BCUT2D eigenvalue weighted by Gasteiger charge is 2.25. The van der Waals surface area contributed by atoms with E-state index in [1.807, 2.05) is 11.8 Å². The fourth-order valence-corrected chi connectivity index (χ4v) is 3.32. The van der Waals surface area contributed by atoms with Gasteiger partial charge in [0.2, 0.25) is 0 Å². The molecule has 0 aliphatic carbocycles. The van der Waals surface area contributed by atoms with Crippen molar-refractivity contribution in [2.75, 3.05) is 24.7 Å². The van der Waals surface area contributed by atoms with Crippen molar-refractivity contribution in [1.82, 2.24) is 5.32 Å². The van der Waals surface area contributed by atoms with Gasteiger partial charge in [0.15, 0.2) is 0 Å². The zero-order chi connectivity index (χ0) is 13.7. The van der Waals surface area contributed by atoms with Gasteiger partial charge in [0.05, 0.1) is 18.8 Å². The molecule has 1 aromatic rings. The molecular formula is C16H25NOS. The van der Waals surface area contributed by atoms with Gasteiger partial charge in [0.25, 0.3) is 0 Å². The first-order chi connectivity index (χ1) is 9.22. The Morgan fingerprint density at radius 1 is 1.37 bits per heavy atom. The van der Waals surface area contributed by atoms with Gasteiger partial charge in [-0.05, 0) is 43.5 Å². The number of nitrogens with one attached hydrogen (secondary N) is 1. The van der Waals surface area contributed by atoms with Gasteiger partial charge < -0.3 is 10.1 Å². The zero-order valence-corrected chi connectivity index (χ0v) is 13.1. The van der Waals surface area contributed by atoms with E-state index in [9.17, 15) is 0 Å². The number of ether oxygens (including phenoxy) is 1. The summed E-state index contributed by atoms with van der Waals surface area (Å²) in [6.07, 6.45) is 1.45. The summed E-state index contributed by atoms with van der Waals surface area (Å²) in [5.74, 6) is 2.22. The van der Waals surface area contributed by atoms with Crippen LogP contribution in [0.2, 0.25) is 0 Å². The predicted octanol–water partition coefficient (Wildman–Crippen LogP) is 3.48. The van der Waals surface area contributed by atoms with Crippen LogP contribution in [0.25, 0.3) is 0 Å². The summed E-state index contributed by atoms with van der Waals surface area (Å²) in [4.78, 5) is 0. The van der Waals surface area contributed by atoms with E-state index >= 15 is 0 Å². The Bertz CT molecular complexity index is 402. The van der Waals surface area contributed by atoms with Gasteiger partial charge in [-0.1, -0.05) is 25.1 Å². The van der Waals surface area contributed by atoms with Crippen LogP contribution >= 0.6 is 11.8 Å². The largest absolute Gasteiger partial charge is 0.375 e. The van der Waals surface area contributed by atoms with Crippen LogP contribution in [-0.2, 0) is 4.74 Å². The van der Waals surface area contributed by atoms with Crippen molar-refractivity contribution in [2.24, 2.45) is 0 Å². The molecule has 0 radical (unpaired) electrons. The van der Waals surface area contributed by atoms with Gasteiger partial charge in [-0.3, -0.25) is 0 Å². The van der Waals surface area contributed by atoms with Crippen molar-refractivity contribution in [3.05, 3.63) is 34.9 Å². The Morgan fingerprint density at radius 2 is 2.21 bits per heavy atom. The number of hydrogen-bond donors (Lipinski definition) is 1. The molecule has 2 rings (SSSR count). The minimum Gasteiger partial charge on any atom is -0.375 e. The lowest BCUT2D eigenvalue weighted by molar-refractivity contribution is 0.0468. The molecular weight excluding hydrogens is 254 g/mol. The second-order valence-electron chi connectivity index (χ2n) is 5.26. The van der Waals surface area contributed by atoms with E-state index < -0.39 is 0 Å². The average Bonchev–Trinajstić information content (AvgIpc) is 2.44. The molecule has 19 heavy (non-hydrogen) atoms. The Labute approximate surface area is 121 Å². The number of benzene rings is 1. The molecule has 0 spiro atoms. The number of aryl methyl sites for hydroxylation is 2. The number of thioether (sulfide) groups is 1. The maximum absolute atomic E-state index is 5.98. The van der Waals surface area contributed by atoms with Crippen LogP contribution < -0.4 is 5.32 Å². The Balaban J connectivity index is 2.17. The zero-order valence-electron chi connectivity index (χ0n) is 12.2. The third-order valence-electron chi connectivity index (χ3n) is 3.72. The molecule has 106 valence electrons. The Hall–Kier alpha value is -0.510. The van der Waals surface area contributed by atoms with Gasteiger partial charge in [-0.15, -0.1) is 0 Å². The highest BCUT2D eigenvalue weighted by atomic mass is 32.2. The summed E-state index contributed by atoms with van der Waals surface area (Å²) < 4.78 is 5.98. The van der Waals surface area contributed by atoms with Crippen LogP contribution in [0.1, 0.15) is 36.1 Å². The van der Waals surface area contributed by atoms with Crippen LogP contribution in [0.5, 0.6) is 0 Å². The van der Waals surface area contributed by atoms with Gasteiger partial charge in [-0.2, -0.15) is 11.8 Å². The second-order valence-corrected chi connectivity index (χ2v) is 6.41. The minimum atomic E-state index is 0.299. The normalized spacial score (nSPS) is 21.3. The lowest BCUT2D eigenvalue weighted by Crippen LogP contribution is -2.38. The lowest BCUT2D eigenvalue weighted by Gasteiger charge is -2.31. The van der Waals surface area contributed by atoms with Crippen molar-refractivity contribution in [3.63, 3.8) is 0 Å². The third kappa shape index (κ3) is 3.98. The Kier molecular flexibility index (Phi) is 5.74. The van der Waals surface area contributed by atoms with E-state index in [0.717, 1.165) is 31.1 Å². The summed E-state index contributed by atoms with van der Waals surface area (Å²) >= 11 is 2.00. The van der Waals surface area contributed by atoms with E-state index in [1.165, 1.54) is 16.7 Å². The number of rotatable bonds is 5. The molecule has 0 amide bonds. The molecule has 0 aromatic heterocycles. The highest BCUT2D eigenvalue weighted by Crippen LogP contribution is 2.27. The van der Waals surface area contributed by atoms with Crippen LogP contribution in [0.4, 0.5) is 0 Å². The molecule has 2 unspecified atom stereocenters. The molecule has 1 aromatic carbocycles. The summed E-state index contributed by atoms with van der Waals surface area (Å²) in [5, 5.41) is 3.66. The van der Waals surface area contributed by atoms with Crippen molar-refractivity contribution < 1.29 is 4.74 Å². The standard InChI is InChI=1S/C16H25NOS/c1-4-7-17-16(15-11-19-9-8-18-15)14-6-5-12(2)13(3)10-14/h5-6,10,15-17H,4,7-9,11H2,1-3H3. The summed E-state index contributed by atoms with van der Waals surface area (Å²) in [6, 6.07) is 7.11. The number of hydrogen-bond acceptors (Lipinski definition) is 3. The first-order valence-electron chi connectivity index (χ1n) is 7.22. The smallest absolute Gasteiger partial charge is 0.0860 e. The maximum atomic E-state index is 5.98. The summed E-state index contributed by atoms with van der Waals surface area (Å²) in [5.41, 5.74) is 4.09. The monoisotopic (exact) mass is 279 g/mol. The highest BCUT2D eigenvalue weighted by molar-refractivity contribution is 7.99. The van der Waals surface area contributed by atoms with Gasteiger partial charge in [0, 0.05) is 11.5 Å².